The summed E-state index contributed by atoms with van der Waals surface area (Å²) >= 11 is 1.41. The third-order valence-corrected chi connectivity index (χ3v) is 5.70. The number of nitrogens with one attached hydrogen (secondary N) is 1. The molecule has 2 aromatic rings. The molecule has 0 spiro atoms. The highest BCUT2D eigenvalue weighted by Crippen LogP contribution is 2.39. The van der Waals surface area contributed by atoms with Crippen molar-refractivity contribution in [1.29, 1.82) is 5.26 Å². The van der Waals surface area contributed by atoms with Crippen LogP contribution in [0.5, 0.6) is 0 Å². The van der Waals surface area contributed by atoms with Crippen LogP contribution in [0.1, 0.15) is 34.9 Å². The molecular formula is C20H19FN2O3S. The maximum atomic E-state index is 13.5. The van der Waals surface area contributed by atoms with Crippen molar-refractivity contribution < 1.29 is 18.7 Å². The summed E-state index contributed by atoms with van der Waals surface area (Å²) in [6.45, 7) is 1.69. The Hall–Kier alpha value is -2.72. The van der Waals surface area contributed by atoms with E-state index in [9.17, 15) is 19.2 Å². The Morgan fingerprint density at radius 1 is 1.41 bits per heavy atom. The number of amides is 1. The van der Waals surface area contributed by atoms with Crippen LogP contribution in [-0.4, -0.2) is 18.5 Å². The summed E-state index contributed by atoms with van der Waals surface area (Å²) in [5.41, 5.74) is 1.75. The van der Waals surface area contributed by atoms with Crippen molar-refractivity contribution in [3.05, 3.63) is 51.7 Å². The highest BCUT2D eigenvalue weighted by atomic mass is 32.1. The van der Waals surface area contributed by atoms with Gasteiger partial charge in [0.1, 0.15) is 16.9 Å². The fourth-order valence-corrected chi connectivity index (χ4v) is 4.49. The van der Waals surface area contributed by atoms with Crippen molar-refractivity contribution in [3.63, 3.8) is 0 Å². The minimum Gasteiger partial charge on any atom is -0.455 e. The summed E-state index contributed by atoms with van der Waals surface area (Å²) in [5, 5.41) is 12.6. The van der Waals surface area contributed by atoms with Gasteiger partial charge in [0.05, 0.1) is 12.0 Å². The number of nitrogens with zero attached hydrogens (tertiary/aromatic N) is 1. The van der Waals surface area contributed by atoms with E-state index in [0.29, 0.717) is 16.5 Å². The van der Waals surface area contributed by atoms with E-state index in [2.05, 4.69) is 18.3 Å². The van der Waals surface area contributed by atoms with Gasteiger partial charge in [-0.15, -0.1) is 11.3 Å². The molecule has 0 unspecified atom stereocenters. The van der Waals surface area contributed by atoms with Gasteiger partial charge in [0.25, 0.3) is 5.91 Å². The van der Waals surface area contributed by atoms with Crippen LogP contribution in [0.4, 0.5) is 9.39 Å². The van der Waals surface area contributed by atoms with Crippen LogP contribution in [0.2, 0.25) is 0 Å². The second kappa shape index (κ2) is 8.31. The van der Waals surface area contributed by atoms with E-state index >= 15 is 0 Å². The van der Waals surface area contributed by atoms with Gasteiger partial charge in [-0.25, -0.2) is 4.39 Å². The molecule has 7 heteroatoms. The average Bonchev–Trinajstić information content (AvgIpc) is 2.97. The minimum atomic E-state index is -0.685. The third kappa shape index (κ3) is 4.52. The molecule has 27 heavy (non-hydrogen) atoms. The molecule has 1 amide bonds. The van der Waals surface area contributed by atoms with E-state index in [1.807, 2.05) is 0 Å². The van der Waals surface area contributed by atoms with Crippen LogP contribution in [0.3, 0.4) is 0 Å². The molecule has 1 N–H and O–H groups in total. The van der Waals surface area contributed by atoms with Crippen molar-refractivity contribution in [2.75, 3.05) is 11.9 Å². The molecule has 0 aliphatic heterocycles. The number of carbonyl (C=O) groups is 2. The summed E-state index contributed by atoms with van der Waals surface area (Å²) in [6.07, 6.45) is 2.53. The number of ether oxygens (including phenoxy) is 1. The van der Waals surface area contributed by atoms with Gasteiger partial charge in [0.15, 0.2) is 6.61 Å². The molecule has 1 aliphatic carbocycles. The maximum Gasteiger partial charge on any atom is 0.310 e. The Bertz CT molecular complexity index is 916. The molecule has 0 fully saturated rings. The summed E-state index contributed by atoms with van der Waals surface area (Å²) in [7, 11) is 0. The number of hydrogen-bond acceptors (Lipinski definition) is 5. The van der Waals surface area contributed by atoms with Gasteiger partial charge in [-0.3, -0.25) is 9.59 Å². The number of benzene rings is 1. The molecule has 0 bridgehead atoms. The topological polar surface area (TPSA) is 79.2 Å². The number of thiophene rings is 1. The fraction of sp³-hybridized carbons (Fsp3) is 0.350. The van der Waals surface area contributed by atoms with Gasteiger partial charge >= 0.3 is 5.97 Å². The van der Waals surface area contributed by atoms with E-state index in [1.54, 1.807) is 6.07 Å². The molecular weight excluding hydrogens is 367 g/mol. The largest absolute Gasteiger partial charge is 0.455 e. The van der Waals surface area contributed by atoms with E-state index in [4.69, 9.17) is 4.74 Å². The van der Waals surface area contributed by atoms with Crippen molar-refractivity contribution in [3.8, 4) is 6.07 Å². The first-order chi connectivity index (χ1) is 13.0. The average molecular weight is 386 g/mol. The van der Waals surface area contributed by atoms with Gasteiger partial charge in [0.2, 0.25) is 0 Å². The summed E-state index contributed by atoms with van der Waals surface area (Å²) in [6, 6.07) is 8.09. The highest BCUT2D eigenvalue weighted by molar-refractivity contribution is 7.16. The lowest BCUT2D eigenvalue weighted by Gasteiger charge is -2.17. The lowest BCUT2D eigenvalue weighted by Crippen LogP contribution is -2.21. The SMILES string of the molecule is C[C@@H]1CCc2c(sc(NC(=O)COC(=O)Cc3ccccc3F)c2C#N)C1. The molecule has 1 heterocycles. The van der Waals surface area contributed by atoms with Gasteiger partial charge in [-0.05, 0) is 42.4 Å². The van der Waals surface area contributed by atoms with E-state index < -0.39 is 24.3 Å². The van der Waals surface area contributed by atoms with E-state index in [0.717, 1.165) is 29.7 Å². The number of hydrogen-bond donors (Lipinski definition) is 1. The number of esters is 1. The Balaban J connectivity index is 1.58. The molecule has 0 radical (unpaired) electrons. The molecule has 0 saturated heterocycles. The summed E-state index contributed by atoms with van der Waals surface area (Å²) in [5.74, 6) is -1.13. The van der Waals surface area contributed by atoms with Crippen LogP contribution in [0, 0.1) is 23.1 Å². The van der Waals surface area contributed by atoms with Crippen LogP contribution in [-0.2, 0) is 33.6 Å². The molecule has 3 rings (SSSR count). The van der Waals surface area contributed by atoms with Crippen molar-refractivity contribution in [2.24, 2.45) is 5.92 Å². The Kier molecular flexibility index (Phi) is 5.87. The predicted molar refractivity (Wildman–Crippen MR) is 99.9 cm³/mol. The number of fused-ring (bicyclic) bond motifs is 1. The van der Waals surface area contributed by atoms with Crippen LogP contribution in [0.25, 0.3) is 0 Å². The van der Waals surface area contributed by atoms with Crippen LogP contribution >= 0.6 is 11.3 Å². The lowest BCUT2D eigenvalue weighted by atomic mass is 9.89. The zero-order chi connectivity index (χ0) is 19.4. The monoisotopic (exact) mass is 386 g/mol. The summed E-state index contributed by atoms with van der Waals surface area (Å²) < 4.78 is 18.5. The molecule has 1 aliphatic rings. The van der Waals surface area contributed by atoms with Crippen molar-refractivity contribution in [2.45, 2.75) is 32.6 Å². The number of nitriles is 1. The summed E-state index contributed by atoms with van der Waals surface area (Å²) in [4.78, 5) is 25.1. The number of rotatable bonds is 5. The molecule has 1 aromatic carbocycles. The first-order valence-corrected chi connectivity index (χ1v) is 9.53. The second-order valence-electron chi connectivity index (χ2n) is 6.64. The molecule has 0 saturated carbocycles. The Morgan fingerprint density at radius 3 is 2.93 bits per heavy atom. The zero-order valence-electron chi connectivity index (χ0n) is 14.9. The number of carbonyl (C=O) groups excluding carboxylic acids is 2. The zero-order valence-corrected chi connectivity index (χ0v) is 15.7. The smallest absolute Gasteiger partial charge is 0.310 e. The quantitative estimate of drug-likeness (QED) is 0.796. The second-order valence-corrected chi connectivity index (χ2v) is 7.75. The predicted octanol–water partition coefficient (Wildman–Crippen LogP) is 3.61. The molecule has 5 nitrogen and oxygen atoms in total. The Morgan fingerprint density at radius 2 is 2.19 bits per heavy atom. The standard InChI is InChI=1S/C20H19FN2O3S/c1-12-6-7-14-15(10-22)20(27-17(14)8-12)23-18(24)11-26-19(25)9-13-4-2-3-5-16(13)21/h2-5,12H,6-9,11H2,1H3,(H,23,24)/t12-/m1/s1. The fourth-order valence-electron chi connectivity index (χ4n) is 3.11. The molecule has 140 valence electrons. The van der Waals surface area contributed by atoms with Crippen molar-refractivity contribution in [1.82, 2.24) is 0 Å². The van der Waals surface area contributed by atoms with E-state index in [1.165, 1.54) is 29.5 Å². The van der Waals surface area contributed by atoms with Crippen molar-refractivity contribution >= 4 is 28.2 Å². The molecule has 1 aromatic heterocycles. The van der Waals surface area contributed by atoms with Crippen LogP contribution in [0.15, 0.2) is 24.3 Å². The van der Waals surface area contributed by atoms with E-state index in [-0.39, 0.29) is 12.0 Å². The number of halogens is 1. The number of anilines is 1. The first kappa shape index (κ1) is 19.1. The van der Waals surface area contributed by atoms with Gasteiger partial charge in [0, 0.05) is 4.88 Å². The maximum absolute atomic E-state index is 13.5. The minimum absolute atomic E-state index is 0.217. The van der Waals surface area contributed by atoms with Gasteiger partial charge in [-0.1, -0.05) is 25.1 Å². The lowest BCUT2D eigenvalue weighted by molar-refractivity contribution is -0.146. The third-order valence-electron chi connectivity index (χ3n) is 4.53. The normalized spacial score (nSPS) is 15.5. The highest BCUT2D eigenvalue weighted by Gasteiger charge is 2.24. The van der Waals surface area contributed by atoms with Crippen LogP contribution < -0.4 is 5.32 Å². The van der Waals surface area contributed by atoms with Gasteiger partial charge in [-0.2, -0.15) is 5.26 Å². The molecule has 1 atom stereocenters. The van der Waals surface area contributed by atoms with Gasteiger partial charge < -0.3 is 10.1 Å². The Labute approximate surface area is 160 Å². The first-order valence-electron chi connectivity index (χ1n) is 8.71.